The SMILES string of the molecule is [C-]#[N+]c1ccc(OC2C(C)(C)C(NC(=O)c3ccc(N4CCN(C(=O)CN5Cc6cc7c(cc6C5)C(=O)N(C5CCC(=O)NC5=O)C7=O)CC4)cc3F)C2(C)C)cc1Cl. The Morgan fingerprint density at radius 2 is 1.58 bits per heavy atom. The second-order valence-corrected chi connectivity index (χ2v) is 17.5. The van der Waals surface area contributed by atoms with Crippen molar-refractivity contribution in [2.24, 2.45) is 10.8 Å². The van der Waals surface area contributed by atoms with Crippen molar-refractivity contribution >= 4 is 58.4 Å². The van der Waals surface area contributed by atoms with Gasteiger partial charge in [0.25, 0.3) is 17.7 Å². The molecule has 4 aliphatic heterocycles. The van der Waals surface area contributed by atoms with Gasteiger partial charge >= 0.3 is 0 Å². The lowest BCUT2D eigenvalue weighted by atomic mass is 9.49. The Morgan fingerprint density at radius 3 is 2.15 bits per heavy atom. The number of piperazine rings is 1. The van der Waals surface area contributed by atoms with E-state index in [1.54, 1.807) is 41.3 Å². The van der Waals surface area contributed by atoms with E-state index in [4.69, 9.17) is 22.9 Å². The predicted octanol–water partition coefficient (Wildman–Crippen LogP) is 4.71. The van der Waals surface area contributed by atoms with Gasteiger partial charge in [-0.1, -0.05) is 45.4 Å². The zero-order valence-electron chi connectivity index (χ0n) is 33.1. The Balaban J connectivity index is 0.831. The van der Waals surface area contributed by atoms with E-state index in [9.17, 15) is 28.8 Å². The number of carbonyl (C=O) groups is 6. The zero-order chi connectivity index (χ0) is 42.1. The first-order valence-electron chi connectivity index (χ1n) is 19.5. The fourth-order valence-corrected chi connectivity index (χ4v) is 9.95. The number of rotatable bonds is 8. The highest BCUT2D eigenvalue weighted by atomic mass is 35.5. The van der Waals surface area contributed by atoms with Crippen LogP contribution in [0.1, 0.15) is 82.7 Å². The first kappa shape index (κ1) is 40.0. The van der Waals surface area contributed by atoms with E-state index in [-0.39, 0.29) is 54.1 Å². The molecule has 3 aromatic carbocycles. The van der Waals surface area contributed by atoms with Gasteiger partial charge in [-0.25, -0.2) is 9.24 Å². The van der Waals surface area contributed by atoms with E-state index in [0.717, 1.165) is 16.0 Å². The van der Waals surface area contributed by atoms with Crippen molar-refractivity contribution in [3.8, 4) is 5.75 Å². The summed E-state index contributed by atoms with van der Waals surface area (Å²) in [5, 5.41) is 5.54. The van der Waals surface area contributed by atoms with Gasteiger partial charge in [0.15, 0.2) is 0 Å². The monoisotopic (exact) mass is 823 g/mol. The number of nitrogens with one attached hydrogen (secondary N) is 2. The predicted molar refractivity (Wildman–Crippen MR) is 213 cm³/mol. The number of hydrogen-bond acceptors (Lipinski definition) is 9. The van der Waals surface area contributed by atoms with Crippen molar-refractivity contribution in [1.29, 1.82) is 0 Å². The van der Waals surface area contributed by atoms with Crippen LogP contribution in [0.5, 0.6) is 5.75 Å². The quantitative estimate of drug-likeness (QED) is 0.243. The molecular weight excluding hydrogens is 781 g/mol. The Labute approximate surface area is 345 Å². The fourth-order valence-electron chi connectivity index (χ4n) is 9.74. The number of carbonyl (C=O) groups excluding carboxylic acids is 6. The summed E-state index contributed by atoms with van der Waals surface area (Å²) in [4.78, 5) is 87.5. The number of anilines is 1. The van der Waals surface area contributed by atoms with Crippen LogP contribution >= 0.6 is 11.6 Å². The maximum absolute atomic E-state index is 15.6. The van der Waals surface area contributed by atoms with Gasteiger partial charge in [-0.3, -0.25) is 43.9 Å². The first-order chi connectivity index (χ1) is 28.0. The molecule has 1 aliphatic carbocycles. The number of benzene rings is 3. The molecule has 0 radical (unpaired) electrons. The van der Waals surface area contributed by atoms with Gasteiger partial charge in [-0.15, -0.1) is 0 Å². The second kappa shape index (κ2) is 14.8. The Morgan fingerprint density at radius 1 is 0.932 bits per heavy atom. The number of halogens is 2. The van der Waals surface area contributed by atoms with Gasteiger partial charge in [0.1, 0.15) is 23.7 Å². The molecule has 3 fully saturated rings. The maximum Gasteiger partial charge on any atom is 0.262 e. The molecule has 16 heteroatoms. The Bertz CT molecular complexity index is 2330. The molecule has 2 saturated heterocycles. The van der Waals surface area contributed by atoms with E-state index < -0.39 is 52.2 Å². The lowest BCUT2D eigenvalue weighted by Gasteiger charge is -2.63. The van der Waals surface area contributed by atoms with Crippen molar-refractivity contribution in [3.05, 3.63) is 98.6 Å². The minimum Gasteiger partial charge on any atom is -0.489 e. The molecule has 0 aromatic heterocycles. The summed E-state index contributed by atoms with van der Waals surface area (Å²) in [6, 6.07) is 11.4. The van der Waals surface area contributed by atoms with Gasteiger partial charge in [0.2, 0.25) is 23.4 Å². The molecule has 306 valence electrons. The van der Waals surface area contributed by atoms with Gasteiger partial charge in [-0.05, 0) is 60.0 Å². The lowest BCUT2D eigenvalue weighted by molar-refractivity contribution is -0.164. The number of hydrogen-bond donors (Lipinski definition) is 2. The summed E-state index contributed by atoms with van der Waals surface area (Å²) >= 11 is 6.23. The molecule has 5 aliphatic rings. The van der Waals surface area contributed by atoms with Crippen LogP contribution in [0.3, 0.4) is 0 Å². The van der Waals surface area contributed by atoms with Crippen molar-refractivity contribution < 1.29 is 37.9 Å². The van der Waals surface area contributed by atoms with Crippen molar-refractivity contribution in [2.75, 3.05) is 37.6 Å². The highest BCUT2D eigenvalue weighted by Crippen LogP contribution is 2.56. The van der Waals surface area contributed by atoms with E-state index in [1.165, 1.54) is 12.1 Å². The van der Waals surface area contributed by atoms with Crippen LogP contribution in [-0.4, -0.2) is 101 Å². The standard InChI is InChI=1S/C43H43ClFN7O7/c1-42(2)40(43(3,4)41(42)59-26-7-9-32(46-5)30(44)19-26)48-36(55)27-8-6-25(18-31(27)45)50-12-14-51(15-13-50)35(54)22-49-20-23-16-28-29(17-24(23)21-49)39(58)52(38(28)57)33-10-11-34(53)47-37(33)56/h6-9,16-19,33,40-41H,10-15,20-22H2,1-4H3,(H,48,55)(H,47,53,56). The Kier molecular flexibility index (Phi) is 9.99. The topological polar surface area (TPSA) is 153 Å². The largest absolute Gasteiger partial charge is 0.489 e. The molecule has 59 heavy (non-hydrogen) atoms. The van der Waals surface area contributed by atoms with Crippen LogP contribution in [-0.2, 0) is 27.5 Å². The molecule has 4 heterocycles. The first-order valence-corrected chi connectivity index (χ1v) is 19.9. The number of piperidine rings is 1. The van der Waals surface area contributed by atoms with Crippen LogP contribution in [0.25, 0.3) is 4.85 Å². The van der Waals surface area contributed by atoms with Crippen LogP contribution in [0.2, 0.25) is 5.02 Å². The third-order valence-electron chi connectivity index (χ3n) is 12.5. The number of amides is 6. The van der Waals surface area contributed by atoms with Crippen LogP contribution in [0.4, 0.5) is 15.8 Å². The Hall–Kier alpha value is -5.85. The van der Waals surface area contributed by atoms with Gasteiger partial charge in [0.05, 0.1) is 34.8 Å². The lowest BCUT2D eigenvalue weighted by Crippen LogP contribution is -2.74. The van der Waals surface area contributed by atoms with Crippen molar-refractivity contribution in [1.82, 2.24) is 25.3 Å². The highest BCUT2D eigenvalue weighted by molar-refractivity contribution is 6.33. The smallest absolute Gasteiger partial charge is 0.262 e. The van der Waals surface area contributed by atoms with E-state index in [1.807, 2.05) is 37.5 Å². The molecular formula is C43H43ClFN7O7. The summed E-state index contributed by atoms with van der Waals surface area (Å²) in [5.74, 6) is -2.96. The van der Waals surface area contributed by atoms with Crippen molar-refractivity contribution in [3.63, 3.8) is 0 Å². The van der Waals surface area contributed by atoms with Gasteiger partial charge < -0.3 is 19.9 Å². The third-order valence-corrected chi connectivity index (χ3v) is 12.8. The molecule has 0 bridgehead atoms. The summed E-state index contributed by atoms with van der Waals surface area (Å²) in [7, 11) is 0. The average molecular weight is 824 g/mol. The number of imide groups is 2. The normalized spacial score (nSPS) is 23.3. The number of nitrogens with zero attached hydrogens (tertiary/aromatic N) is 5. The molecule has 6 amide bonds. The van der Waals surface area contributed by atoms with E-state index >= 15 is 4.39 Å². The summed E-state index contributed by atoms with van der Waals surface area (Å²) < 4.78 is 21.9. The molecule has 2 N–H and O–H groups in total. The van der Waals surface area contributed by atoms with Gasteiger partial charge in [0, 0.05) is 68.2 Å². The number of ether oxygens (including phenoxy) is 1. The van der Waals surface area contributed by atoms with Gasteiger partial charge in [-0.2, -0.15) is 0 Å². The van der Waals surface area contributed by atoms with Crippen LogP contribution < -0.4 is 20.3 Å². The van der Waals surface area contributed by atoms with E-state index in [2.05, 4.69) is 15.5 Å². The third kappa shape index (κ3) is 6.97. The number of fused-ring (bicyclic) bond motifs is 2. The summed E-state index contributed by atoms with van der Waals surface area (Å²) in [5.41, 5.74) is 1.93. The maximum atomic E-state index is 15.6. The molecule has 8 rings (SSSR count). The van der Waals surface area contributed by atoms with Crippen LogP contribution in [0.15, 0.2) is 48.5 Å². The highest BCUT2D eigenvalue weighted by Gasteiger charge is 2.64. The second-order valence-electron chi connectivity index (χ2n) is 17.1. The molecule has 3 aromatic rings. The van der Waals surface area contributed by atoms with E-state index in [0.29, 0.717) is 61.4 Å². The molecule has 1 atom stereocenters. The summed E-state index contributed by atoms with van der Waals surface area (Å²) in [6.45, 7) is 17.9. The summed E-state index contributed by atoms with van der Waals surface area (Å²) in [6.07, 6.45) is -0.177. The average Bonchev–Trinajstić information content (AvgIpc) is 3.70. The minimum absolute atomic E-state index is 0.0445. The van der Waals surface area contributed by atoms with Crippen molar-refractivity contribution in [2.45, 2.75) is 71.8 Å². The van der Waals surface area contributed by atoms with Crippen LogP contribution in [0, 0.1) is 23.2 Å². The molecule has 1 saturated carbocycles. The molecule has 14 nitrogen and oxygen atoms in total. The molecule has 1 unspecified atom stereocenters. The fraction of sp³-hybridized carbons (Fsp3) is 0.419. The zero-order valence-corrected chi connectivity index (χ0v) is 33.8. The minimum atomic E-state index is -1.03. The molecule has 0 spiro atoms.